The summed E-state index contributed by atoms with van der Waals surface area (Å²) in [4.78, 5) is 27.5. The van der Waals surface area contributed by atoms with Crippen molar-refractivity contribution in [3.05, 3.63) is 24.3 Å². The highest BCUT2D eigenvalue weighted by Crippen LogP contribution is 2.20. The molecule has 1 aromatic rings. The van der Waals surface area contributed by atoms with Gasteiger partial charge in [-0.2, -0.15) is 0 Å². The fourth-order valence-corrected chi connectivity index (χ4v) is 2.42. The number of rotatable bonds is 4. The van der Waals surface area contributed by atoms with Gasteiger partial charge in [-0.25, -0.2) is 0 Å². The van der Waals surface area contributed by atoms with Crippen LogP contribution in [-0.4, -0.2) is 56.5 Å². The Kier molecular flexibility index (Phi) is 5.63. The highest BCUT2D eigenvalue weighted by molar-refractivity contribution is 6.35. The van der Waals surface area contributed by atoms with E-state index in [1.807, 2.05) is 31.2 Å². The highest BCUT2D eigenvalue weighted by Gasteiger charge is 2.25. The van der Waals surface area contributed by atoms with Crippen LogP contribution < -0.4 is 15.0 Å². The molecule has 0 aliphatic carbocycles. The molecule has 0 saturated carbocycles. The first kappa shape index (κ1) is 16.1. The van der Waals surface area contributed by atoms with E-state index in [-0.39, 0.29) is 0 Å². The molecule has 0 bridgehead atoms. The molecule has 1 fully saturated rings. The Morgan fingerprint density at radius 1 is 1.14 bits per heavy atom. The molecule has 1 N–H and O–H groups in total. The predicted molar refractivity (Wildman–Crippen MR) is 85.1 cm³/mol. The summed E-state index contributed by atoms with van der Waals surface area (Å²) < 4.78 is 5.15. The molecule has 22 heavy (non-hydrogen) atoms. The molecule has 0 aromatic heterocycles. The number of ether oxygens (including phenoxy) is 1. The van der Waals surface area contributed by atoms with Crippen LogP contribution in [-0.2, 0) is 9.59 Å². The van der Waals surface area contributed by atoms with Crippen LogP contribution in [0, 0.1) is 0 Å². The molecule has 1 aliphatic rings. The summed E-state index contributed by atoms with van der Waals surface area (Å²) in [5, 5.41) is 2.63. The second-order valence-electron chi connectivity index (χ2n) is 5.23. The number of hydrogen-bond acceptors (Lipinski definition) is 4. The maximum atomic E-state index is 12.0. The van der Waals surface area contributed by atoms with Gasteiger partial charge in [0.1, 0.15) is 5.75 Å². The molecule has 0 radical (unpaired) electrons. The van der Waals surface area contributed by atoms with Crippen LogP contribution >= 0.6 is 0 Å². The number of carbonyl (C=O) groups is 2. The Labute approximate surface area is 131 Å². The Balaban J connectivity index is 1.86. The van der Waals surface area contributed by atoms with Crippen molar-refractivity contribution in [2.24, 2.45) is 0 Å². The zero-order chi connectivity index (χ0) is 15.9. The Morgan fingerprint density at radius 3 is 2.32 bits per heavy atom. The number of benzene rings is 1. The lowest BCUT2D eigenvalue weighted by molar-refractivity contribution is -0.146. The van der Waals surface area contributed by atoms with Crippen LogP contribution in [0.5, 0.6) is 5.75 Å². The minimum absolute atomic E-state index is 0.428. The quantitative estimate of drug-likeness (QED) is 0.839. The zero-order valence-electron chi connectivity index (χ0n) is 13.2. The molecule has 0 spiro atoms. The molecule has 0 atom stereocenters. The molecule has 2 amide bonds. The van der Waals surface area contributed by atoms with Crippen LogP contribution in [0.4, 0.5) is 5.69 Å². The monoisotopic (exact) mass is 305 g/mol. The van der Waals surface area contributed by atoms with Gasteiger partial charge < -0.3 is 19.9 Å². The Bertz CT molecular complexity index is 508. The molecule has 120 valence electrons. The molecule has 2 rings (SSSR count). The van der Waals surface area contributed by atoms with Crippen LogP contribution in [0.25, 0.3) is 0 Å². The van der Waals surface area contributed by atoms with Gasteiger partial charge in [0.15, 0.2) is 0 Å². The lowest BCUT2D eigenvalue weighted by Crippen LogP contribution is -2.52. The average Bonchev–Trinajstić information content (AvgIpc) is 2.59. The van der Waals surface area contributed by atoms with Crippen molar-refractivity contribution < 1.29 is 14.3 Å². The van der Waals surface area contributed by atoms with Crippen molar-refractivity contribution in [3.8, 4) is 5.75 Å². The van der Waals surface area contributed by atoms with Crippen LogP contribution in [0.15, 0.2) is 24.3 Å². The summed E-state index contributed by atoms with van der Waals surface area (Å²) in [5.41, 5.74) is 1.10. The summed E-state index contributed by atoms with van der Waals surface area (Å²) >= 11 is 0. The molecule has 0 unspecified atom stereocenters. The number of amides is 2. The lowest BCUT2D eigenvalue weighted by atomic mass is 10.2. The number of hydrogen-bond donors (Lipinski definition) is 1. The maximum absolute atomic E-state index is 12.0. The summed E-state index contributed by atoms with van der Waals surface area (Å²) in [6.45, 7) is 5.06. The number of anilines is 1. The minimum atomic E-state index is -0.500. The van der Waals surface area contributed by atoms with Crippen molar-refractivity contribution in [2.45, 2.75) is 13.3 Å². The van der Waals surface area contributed by atoms with Gasteiger partial charge in [-0.1, -0.05) is 6.92 Å². The highest BCUT2D eigenvalue weighted by atomic mass is 16.5. The molecule has 6 nitrogen and oxygen atoms in total. The Morgan fingerprint density at radius 2 is 1.77 bits per heavy atom. The van der Waals surface area contributed by atoms with E-state index in [1.165, 1.54) is 0 Å². The summed E-state index contributed by atoms with van der Waals surface area (Å²) in [7, 11) is 1.64. The van der Waals surface area contributed by atoms with E-state index in [4.69, 9.17) is 4.74 Å². The molecular weight excluding hydrogens is 282 g/mol. The molecule has 6 heteroatoms. The molecular formula is C16H23N3O3. The van der Waals surface area contributed by atoms with Gasteiger partial charge in [0.25, 0.3) is 0 Å². The first-order valence-corrected chi connectivity index (χ1v) is 7.61. The third-order valence-corrected chi connectivity index (χ3v) is 3.73. The third kappa shape index (κ3) is 3.90. The number of nitrogens with zero attached hydrogens (tertiary/aromatic N) is 2. The fraction of sp³-hybridized carbons (Fsp3) is 0.500. The first-order valence-electron chi connectivity index (χ1n) is 7.61. The van der Waals surface area contributed by atoms with E-state index in [9.17, 15) is 9.59 Å². The van der Waals surface area contributed by atoms with Crippen molar-refractivity contribution in [1.29, 1.82) is 0 Å². The maximum Gasteiger partial charge on any atom is 0.312 e. The number of piperazine rings is 1. The van der Waals surface area contributed by atoms with E-state index in [0.29, 0.717) is 19.6 Å². The first-order chi connectivity index (χ1) is 10.7. The second-order valence-corrected chi connectivity index (χ2v) is 5.23. The van der Waals surface area contributed by atoms with E-state index in [2.05, 4.69) is 10.2 Å². The van der Waals surface area contributed by atoms with Crippen LogP contribution in [0.3, 0.4) is 0 Å². The van der Waals surface area contributed by atoms with E-state index in [1.54, 1.807) is 12.0 Å². The van der Waals surface area contributed by atoms with Gasteiger partial charge in [-0.15, -0.1) is 0 Å². The van der Waals surface area contributed by atoms with Gasteiger partial charge in [0.2, 0.25) is 0 Å². The van der Waals surface area contributed by atoms with Crippen molar-refractivity contribution >= 4 is 17.5 Å². The molecule has 1 aliphatic heterocycles. The largest absolute Gasteiger partial charge is 0.497 e. The van der Waals surface area contributed by atoms with Crippen molar-refractivity contribution in [3.63, 3.8) is 0 Å². The summed E-state index contributed by atoms with van der Waals surface area (Å²) in [5.74, 6) is -0.104. The van der Waals surface area contributed by atoms with Crippen LogP contribution in [0.1, 0.15) is 13.3 Å². The van der Waals surface area contributed by atoms with E-state index < -0.39 is 11.8 Å². The predicted octanol–water partition coefficient (Wildman–Crippen LogP) is 0.870. The van der Waals surface area contributed by atoms with E-state index in [0.717, 1.165) is 30.9 Å². The topological polar surface area (TPSA) is 61.9 Å². The van der Waals surface area contributed by atoms with Crippen LogP contribution in [0.2, 0.25) is 0 Å². The smallest absolute Gasteiger partial charge is 0.312 e. The Hall–Kier alpha value is -2.24. The molecule has 1 aromatic carbocycles. The second kappa shape index (κ2) is 7.68. The van der Waals surface area contributed by atoms with Crippen molar-refractivity contribution in [2.75, 3.05) is 44.7 Å². The number of carbonyl (C=O) groups excluding carboxylic acids is 2. The normalized spacial score (nSPS) is 14.6. The SMILES string of the molecule is CCCNC(=O)C(=O)N1CCN(c2ccc(OC)cc2)CC1. The average molecular weight is 305 g/mol. The van der Waals surface area contributed by atoms with Gasteiger partial charge in [-0.05, 0) is 30.7 Å². The van der Waals surface area contributed by atoms with Gasteiger partial charge >= 0.3 is 11.8 Å². The minimum Gasteiger partial charge on any atom is -0.497 e. The summed E-state index contributed by atoms with van der Waals surface area (Å²) in [6, 6.07) is 7.85. The van der Waals surface area contributed by atoms with Gasteiger partial charge in [0.05, 0.1) is 7.11 Å². The zero-order valence-corrected chi connectivity index (χ0v) is 13.2. The van der Waals surface area contributed by atoms with Gasteiger partial charge in [-0.3, -0.25) is 9.59 Å². The third-order valence-electron chi connectivity index (χ3n) is 3.73. The number of nitrogens with one attached hydrogen (secondary N) is 1. The van der Waals surface area contributed by atoms with Crippen molar-refractivity contribution in [1.82, 2.24) is 10.2 Å². The molecule has 1 heterocycles. The van der Waals surface area contributed by atoms with E-state index >= 15 is 0 Å². The van der Waals surface area contributed by atoms with Gasteiger partial charge in [0, 0.05) is 38.4 Å². The lowest BCUT2D eigenvalue weighted by Gasteiger charge is -2.35. The molecule has 1 saturated heterocycles. The standard InChI is InChI=1S/C16H23N3O3/c1-3-8-17-15(20)16(21)19-11-9-18(10-12-19)13-4-6-14(22-2)7-5-13/h4-7H,3,8-12H2,1-2H3,(H,17,20). The number of methoxy groups -OCH3 is 1. The fourth-order valence-electron chi connectivity index (χ4n) is 2.42. The summed E-state index contributed by atoms with van der Waals surface area (Å²) in [6.07, 6.45) is 0.824.